The van der Waals surface area contributed by atoms with Crippen LogP contribution in [0.5, 0.6) is 0 Å². The molecule has 0 saturated heterocycles. The molecule has 21 heavy (non-hydrogen) atoms. The van der Waals surface area contributed by atoms with Gasteiger partial charge in [0.25, 0.3) is 0 Å². The number of rotatable bonds is 2. The van der Waals surface area contributed by atoms with Gasteiger partial charge in [-0.05, 0) is 38.0 Å². The Kier molecular flexibility index (Phi) is 5.28. The summed E-state index contributed by atoms with van der Waals surface area (Å²) in [6.07, 6.45) is -5.00. The first-order chi connectivity index (χ1) is 8.83. The van der Waals surface area contributed by atoms with Crippen molar-refractivity contribution in [3.8, 4) is 0 Å². The minimum atomic E-state index is -4.68. The smallest absolute Gasteiger partial charge is 0.405 e. The summed E-state index contributed by atoms with van der Waals surface area (Å²) < 4.78 is 46.9. The highest BCUT2D eigenvalue weighted by Crippen LogP contribution is 2.57. The van der Waals surface area contributed by atoms with Gasteiger partial charge in [-0.3, -0.25) is 4.79 Å². The zero-order valence-corrected chi connectivity index (χ0v) is 14.7. The Morgan fingerprint density at radius 2 is 1.24 bits per heavy atom. The predicted octanol–water partition coefficient (Wildman–Crippen LogP) is 5.36. The molecule has 0 bridgehead atoms. The van der Waals surface area contributed by atoms with E-state index in [0.29, 0.717) is 0 Å². The van der Waals surface area contributed by atoms with Gasteiger partial charge in [0, 0.05) is 0 Å². The van der Waals surface area contributed by atoms with Crippen molar-refractivity contribution in [3.63, 3.8) is 0 Å². The molecule has 0 fully saturated rings. The first-order valence-corrected chi connectivity index (χ1v) is 7.14. The number of esters is 1. The normalized spacial score (nSPS) is 17.3. The van der Waals surface area contributed by atoms with E-state index in [-0.39, 0.29) is 6.42 Å². The van der Waals surface area contributed by atoms with E-state index in [4.69, 9.17) is 4.74 Å². The Hall–Kier alpha value is -0.740. The van der Waals surface area contributed by atoms with Crippen molar-refractivity contribution in [2.75, 3.05) is 0 Å². The lowest BCUT2D eigenvalue weighted by atomic mass is 9.59. The topological polar surface area (TPSA) is 26.3 Å². The van der Waals surface area contributed by atoms with Crippen LogP contribution < -0.4 is 0 Å². The van der Waals surface area contributed by atoms with Crippen LogP contribution in [0.15, 0.2) is 0 Å². The molecule has 0 aromatic heterocycles. The zero-order valence-electron chi connectivity index (χ0n) is 14.7. The van der Waals surface area contributed by atoms with Gasteiger partial charge >= 0.3 is 12.1 Å². The highest BCUT2D eigenvalue weighted by Gasteiger charge is 2.68. The van der Waals surface area contributed by atoms with Crippen LogP contribution in [0.4, 0.5) is 13.2 Å². The van der Waals surface area contributed by atoms with E-state index in [1.165, 1.54) is 20.8 Å². The first-order valence-electron chi connectivity index (χ1n) is 7.14. The highest BCUT2D eigenvalue weighted by molar-refractivity contribution is 5.79. The maximum Gasteiger partial charge on any atom is 0.405 e. The largest absolute Gasteiger partial charge is 0.459 e. The summed E-state index contributed by atoms with van der Waals surface area (Å²) in [5.74, 6) is -1.19. The molecular formula is C16H29F3O2. The molecule has 0 heterocycles. The van der Waals surface area contributed by atoms with Crippen molar-refractivity contribution in [2.24, 2.45) is 16.2 Å². The Balaban J connectivity index is 6.13. The Bertz CT molecular complexity index is 362. The second-order valence-corrected chi connectivity index (χ2v) is 8.89. The van der Waals surface area contributed by atoms with E-state index in [1.54, 1.807) is 41.5 Å². The van der Waals surface area contributed by atoms with Crippen molar-refractivity contribution < 1.29 is 22.7 Å². The molecule has 0 amide bonds. The van der Waals surface area contributed by atoms with Gasteiger partial charge in [-0.25, -0.2) is 0 Å². The number of halogens is 3. The standard InChI is InChI=1S/C16H29F3O2/c1-12(2,3)10-15(13(4,5)6,16(17,18)19)11(20)21-14(7,8)9/h10H2,1-9H3. The number of carbonyl (C=O) groups is 1. The average molecular weight is 310 g/mol. The molecule has 0 aliphatic carbocycles. The zero-order chi connectivity index (χ0) is 17.5. The summed E-state index contributed by atoms with van der Waals surface area (Å²) in [5.41, 5.74) is -5.47. The van der Waals surface area contributed by atoms with E-state index in [9.17, 15) is 18.0 Å². The summed E-state index contributed by atoms with van der Waals surface area (Å²) in [5, 5.41) is 0. The van der Waals surface area contributed by atoms with Crippen LogP contribution in [0.2, 0.25) is 0 Å². The molecule has 126 valence electrons. The van der Waals surface area contributed by atoms with Gasteiger partial charge in [-0.2, -0.15) is 13.2 Å². The van der Waals surface area contributed by atoms with Gasteiger partial charge in [0.2, 0.25) is 0 Å². The number of alkyl halides is 3. The molecule has 0 aliphatic heterocycles. The molecule has 0 aliphatic rings. The maximum absolute atomic E-state index is 13.9. The third-order valence-electron chi connectivity index (χ3n) is 3.31. The summed E-state index contributed by atoms with van der Waals surface area (Å²) in [6.45, 7) is 14.1. The van der Waals surface area contributed by atoms with Crippen LogP contribution in [0.25, 0.3) is 0 Å². The number of carbonyl (C=O) groups excluding carboxylic acids is 1. The summed E-state index contributed by atoms with van der Waals surface area (Å²) in [4.78, 5) is 12.5. The summed E-state index contributed by atoms with van der Waals surface area (Å²) in [7, 11) is 0. The highest BCUT2D eigenvalue weighted by atomic mass is 19.4. The first kappa shape index (κ1) is 20.3. The molecule has 5 heteroatoms. The van der Waals surface area contributed by atoms with Crippen molar-refractivity contribution >= 4 is 5.97 Å². The van der Waals surface area contributed by atoms with Gasteiger partial charge in [-0.1, -0.05) is 41.5 Å². The molecule has 2 nitrogen and oxygen atoms in total. The maximum atomic E-state index is 13.9. The van der Waals surface area contributed by atoms with Crippen LogP contribution in [-0.4, -0.2) is 17.7 Å². The molecule has 0 spiro atoms. The van der Waals surface area contributed by atoms with E-state index >= 15 is 0 Å². The van der Waals surface area contributed by atoms with Crippen LogP contribution in [0, 0.1) is 16.2 Å². The number of hydrogen-bond acceptors (Lipinski definition) is 2. The van der Waals surface area contributed by atoms with E-state index in [2.05, 4.69) is 0 Å². The molecule has 0 aromatic rings. The van der Waals surface area contributed by atoms with Crippen molar-refractivity contribution in [2.45, 2.75) is 80.5 Å². The number of hydrogen-bond donors (Lipinski definition) is 0. The second-order valence-electron chi connectivity index (χ2n) is 8.89. The minimum absolute atomic E-state index is 0.318. The van der Waals surface area contributed by atoms with Gasteiger partial charge in [0.15, 0.2) is 5.41 Å². The fourth-order valence-corrected chi connectivity index (χ4v) is 2.45. The molecule has 1 unspecified atom stereocenters. The van der Waals surface area contributed by atoms with Crippen molar-refractivity contribution in [1.82, 2.24) is 0 Å². The molecule has 0 N–H and O–H groups in total. The monoisotopic (exact) mass is 310 g/mol. The molecule has 0 radical (unpaired) electrons. The summed E-state index contributed by atoms with van der Waals surface area (Å²) in [6, 6.07) is 0. The third kappa shape index (κ3) is 4.89. The van der Waals surface area contributed by atoms with Crippen molar-refractivity contribution in [3.05, 3.63) is 0 Å². The number of ether oxygens (including phenoxy) is 1. The van der Waals surface area contributed by atoms with E-state index < -0.39 is 34.0 Å². The molecule has 0 rings (SSSR count). The molecule has 0 saturated carbocycles. The molecule has 0 aromatic carbocycles. The lowest BCUT2D eigenvalue weighted by molar-refractivity contribution is -0.273. The molecular weight excluding hydrogens is 281 g/mol. The van der Waals surface area contributed by atoms with Crippen LogP contribution in [0.1, 0.15) is 68.7 Å². The Morgan fingerprint density at radius 1 is 0.857 bits per heavy atom. The lowest BCUT2D eigenvalue weighted by Gasteiger charge is -2.47. The third-order valence-corrected chi connectivity index (χ3v) is 3.31. The second kappa shape index (κ2) is 5.47. The van der Waals surface area contributed by atoms with Gasteiger partial charge in [0.05, 0.1) is 0 Å². The van der Waals surface area contributed by atoms with Gasteiger partial charge < -0.3 is 4.74 Å². The molecule has 1 atom stereocenters. The SMILES string of the molecule is CC(C)(C)CC(C(=O)OC(C)(C)C)(C(C)(C)C)C(F)(F)F. The predicted molar refractivity (Wildman–Crippen MR) is 77.9 cm³/mol. The fraction of sp³-hybridized carbons (Fsp3) is 0.938. The average Bonchev–Trinajstić information content (AvgIpc) is 2.04. The minimum Gasteiger partial charge on any atom is -0.459 e. The van der Waals surface area contributed by atoms with Crippen molar-refractivity contribution in [1.29, 1.82) is 0 Å². The van der Waals surface area contributed by atoms with Gasteiger partial charge in [0.1, 0.15) is 5.60 Å². The van der Waals surface area contributed by atoms with Crippen LogP contribution >= 0.6 is 0 Å². The quantitative estimate of drug-likeness (QED) is 0.642. The lowest BCUT2D eigenvalue weighted by Crippen LogP contribution is -2.57. The van der Waals surface area contributed by atoms with E-state index in [1.807, 2.05) is 0 Å². The summed E-state index contributed by atoms with van der Waals surface area (Å²) >= 11 is 0. The van der Waals surface area contributed by atoms with Crippen LogP contribution in [0.3, 0.4) is 0 Å². The fourth-order valence-electron chi connectivity index (χ4n) is 2.45. The Morgan fingerprint density at radius 3 is 1.43 bits per heavy atom. The Labute approximate surface area is 126 Å². The van der Waals surface area contributed by atoms with E-state index in [0.717, 1.165) is 0 Å². The van der Waals surface area contributed by atoms with Gasteiger partial charge in [-0.15, -0.1) is 0 Å². The van der Waals surface area contributed by atoms with Crippen LogP contribution in [-0.2, 0) is 9.53 Å².